The van der Waals surface area contributed by atoms with E-state index in [0.29, 0.717) is 19.4 Å². The lowest BCUT2D eigenvalue weighted by molar-refractivity contribution is -0.148. The highest BCUT2D eigenvalue weighted by Gasteiger charge is 2.06. The zero-order chi connectivity index (χ0) is 11.0. The van der Waals surface area contributed by atoms with Gasteiger partial charge in [0.25, 0.3) is 0 Å². The second-order valence-electron chi connectivity index (χ2n) is 3.30. The van der Waals surface area contributed by atoms with Crippen molar-refractivity contribution in [2.75, 3.05) is 6.54 Å². The predicted molar refractivity (Wildman–Crippen MR) is 53.8 cm³/mol. The van der Waals surface area contributed by atoms with Crippen LogP contribution in [0.15, 0.2) is 0 Å². The molecule has 1 atom stereocenters. The van der Waals surface area contributed by atoms with Gasteiger partial charge in [0.1, 0.15) is 0 Å². The van der Waals surface area contributed by atoms with E-state index in [-0.39, 0.29) is 18.0 Å². The molecule has 0 fully saturated rings. The molecule has 0 bridgehead atoms. The fourth-order valence-corrected chi connectivity index (χ4v) is 0.864. The Morgan fingerprint density at radius 2 is 2.07 bits per heavy atom. The summed E-state index contributed by atoms with van der Waals surface area (Å²) >= 11 is 0. The minimum Gasteiger partial charge on any atom is -0.463 e. The Hall–Kier alpha value is -1.06. The van der Waals surface area contributed by atoms with Crippen LogP contribution in [0.4, 0.5) is 0 Å². The summed E-state index contributed by atoms with van der Waals surface area (Å²) in [6.45, 7) is 5.82. The highest BCUT2D eigenvalue weighted by molar-refractivity contribution is 5.73. The van der Waals surface area contributed by atoms with Crippen LogP contribution in [0, 0.1) is 0 Å². The summed E-state index contributed by atoms with van der Waals surface area (Å²) in [7, 11) is 0. The number of rotatable bonds is 6. The standard InChI is InChI=1S/C10H19NO3/c1-4-8(2)14-10(13)6-5-7-11-9(3)12/h8H,4-7H2,1-3H3,(H,11,12). The van der Waals surface area contributed by atoms with Gasteiger partial charge in [-0.3, -0.25) is 9.59 Å². The molecule has 4 nitrogen and oxygen atoms in total. The van der Waals surface area contributed by atoms with Crippen LogP contribution in [0.25, 0.3) is 0 Å². The third-order valence-electron chi connectivity index (χ3n) is 1.84. The fraction of sp³-hybridized carbons (Fsp3) is 0.800. The van der Waals surface area contributed by atoms with Gasteiger partial charge in [0, 0.05) is 19.9 Å². The van der Waals surface area contributed by atoms with Crippen molar-refractivity contribution >= 4 is 11.9 Å². The van der Waals surface area contributed by atoms with E-state index < -0.39 is 0 Å². The number of esters is 1. The Labute approximate surface area is 85.0 Å². The highest BCUT2D eigenvalue weighted by atomic mass is 16.5. The monoisotopic (exact) mass is 201 g/mol. The normalized spacial score (nSPS) is 11.9. The van der Waals surface area contributed by atoms with E-state index in [1.54, 1.807) is 0 Å². The number of carbonyl (C=O) groups excluding carboxylic acids is 2. The molecule has 0 aliphatic rings. The van der Waals surface area contributed by atoms with Crippen LogP contribution in [-0.4, -0.2) is 24.5 Å². The molecule has 1 N–H and O–H groups in total. The van der Waals surface area contributed by atoms with E-state index in [9.17, 15) is 9.59 Å². The van der Waals surface area contributed by atoms with Gasteiger partial charge in [0.15, 0.2) is 0 Å². The molecule has 0 spiro atoms. The minimum absolute atomic E-state index is 0.0109. The lowest BCUT2D eigenvalue weighted by atomic mass is 10.3. The summed E-state index contributed by atoms with van der Waals surface area (Å²) in [5.41, 5.74) is 0. The van der Waals surface area contributed by atoms with Gasteiger partial charge in [-0.2, -0.15) is 0 Å². The lowest BCUT2D eigenvalue weighted by Crippen LogP contribution is -2.22. The maximum Gasteiger partial charge on any atom is 0.306 e. The molecule has 4 heteroatoms. The quantitative estimate of drug-likeness (QED) is 0.519. The summed E-state index contributed by atoms with van der Waals surface area (Å²) < 4.78 is 5.05. The fourth-order valence-electron chi connectivity index (χ4n) is 0.864. The summed E-state index contributed by atoms with van der Waals surface area (Å²) in [6, 6.07) is 0. The Bertz CT molecular complexity index is 192. The zero-order valence-corrected chi connectivity index (χ0v) is 9.13. The molecule has 0 rings (SSSR count). The molecule has 0 aliphatic heterocycles. The van der Waals surface area contributed by atoms with E-state index >= 15 is 0 Å². The molecule has 0 aliphatic carbocycles. The molecule has 1 unspecified atom stereocenters. The summed E-state index contributed by atoms with van der Waals surface area (Å²) in [5.74, 6) is -0.259. The molecule has 82 valence electrons. The van der Waals surface area contributed by atoms with Gasteiger partial charge in [-0.05, 0) is 19.8 Å². The first-order valence-electron chi connectivity index (χ1n) is 5.00. The molecular formula is C10H19NO3. The molecule has 0 saturated heterocycles. The maximum atomic E-state index is 11.1. The topological polar surface area (TPSA) is 55.4 Å². The lowest BCUT2D eigenvalue weighted by Gasteiger charge is -2.10. The van der Waals surface area contributed by atoms with Crippen LogP contribution < -0.4 is 5.32 Å². The van der Waals surface area contributed by atoms with Crippen molar-refractivity contribution in [1.82, 2.24) is 5.32 Å². The number of carbonyl (C=O) groups is 2. The second kappa shape index (κ2) is 7.35. The molecule has 14 heavy (non-hydrogen) atoms. The molecule has 0 radical (unpaired) electrons. The van der Waals surface area contributed by atoms with Gasteiger partial charge in [0.05, 0.1) is 6.10 Å². The minimum atomic E-state index is -0.190. The number of hydrogen-bond donors (Lipinski definition) is 1. The van der Waals surface area contributed by atoms with Gasteiger partial charge in [-0.1, -0.05) is 6.92 Å². The summed E-state index contributed by atoms with van der Waals surface area (Å²) in [4.78, 5) is 21.6. The van der Waals surface area contributed by atoms with Crippen LogP contribution in [-0.2, 0) is 14.3 Å². The average Bonchev–Trinajstić information content (AvgIpc) is 2.12. The van der Waals surface area contributed by atoms with Crippen molar-refractivity contribution in [3.63, 3.8) is 0 Å². The third kappa shape index (κ3) is 7.58. The maximum absolute atomic E-state index is 11.1. The van der Waals surface area contributed by atoms with Crippen molar-refractivity contribution in [2.24, 2.45) is 0 Å². The van der Waals surface area contributed by atoms with Crippen molar-refractivity contribution in [2.45, 2.75) is 46.1 Å². The van der Waals surface area contributed by atoms with Crippen LogP contribution in [0.5, 0.6) is 0 Å². The Balaban J connectivity index is 3.40. The van der Waals surface area contributed by atoms with Crippen molar-refractivity contribution in [3.05, 3.63) is 0 Å². The second-order valence-corrected chi connectivity index (χ2v) is 3.30. The number of nitrogens with one attached hydrogen (secondary N) is 1. The molecule has 0 aromatic rings. The van der Waals surface area contributed by atoms with E-state index in [1.165, 1.54) is 6.92 Å². The van der Waals surface area contributed by atoms with Gasteiger partial charge < -0.3 is 10.1 Å². The molecule has 0 aromatic carbocycles. The van der Waals surface area contributed by atoms with Crippen LogP contribution in [0.3, 0.4) is 0 Å². The number of hydrogen-bond acceptors (Lipinski definition) is 3. The highest BCUT2D eigenvalue weighted by Crippen LogP contribution is 2.00. The van der Waals surface area contributed by atoms with Crippen molar-refractivity contribution < 1.29 is 14.3 Å². The zero-order valence-electron chi connectivity index (χ0n) is 9.13. The third-order valence-corrected chi connectivity index (χ3v) is 1.84. The van der Waals surface area contributed by atoms with Crippen LogP contribution in [0.2, 0.25) is 0 Å². The Kier molecular flexibility index (Phi) is 6.80. The summed E-state index contributed by atoms with van der Waals surface area (Å²) in [5, 5.41) is 2.62. The van der Waals surface area contributed by atoms with E-state index in [1.807, 2.05) is 13.8 Å². The van der Waals surface area contributed by atoms with Gasteiger partial charge in [0.2, 0.25) is 5.91 Å². The van der Waals surface area contributed by atoms with Gasteiger partial charge >= 0.3 is 5.97 Å². The molecule has 0 saturated carbocycles. The Morgan fingerprint density at radius 3 is 2.57 bits per heavy atom. The van der Waals surface area contributed by atoms with Gasteiger partial charge in [-0.15, -0.1) is 0 Å². The number of amides is 1. The summed E-state index contributed by atoms with van der Waals surface area (Å²) in [6.07, 6.45) is 1.82. The van der Waals surface area contributed by atoms with E-state index in [4.69, 9.17) is 4.74 Å². The van der Waals surface area contributed by atoms with Crippen LogP contribution >= 0.6 is 0 Å². The van der Waals surface area contributed by atoms with E-state index in [2.05, 4.69) is 5.32 Å². The van der Waals surface area contributed by atoms with Crippen molar-refractivity contribution in [3.8, 4) is 0 Å². The Morgan fingerprint density at radius 1 is 1.43 bits per heavy atom. The smallest absolute Gasteiger partial charge is 0.306 e. The molecule has 0 heterocycles. The largest absolute Gasteiger partial charge is 0.463 e. The SMILES string of the molecule is CCC(C)OC(=O)CCCNC(C)=O. The molecular weight excluding hydrogens is 182 g/mol. The first kappa shape index (κ1) is 12.9. The first-order valence-corrected chi connectivity index (χ1v) is 5.00. The molecule has 0 aromatic heterocycles. The molecule has 1 amide bonds. The van der Waals surface area contributed by atoms with Crippen molar-refractivity contribution in [1.29, 1.82) is 0 Å². The predicted octanol–water partition coefficient (Wildman–Crippen LogP) is 1.24. The van der Waals surface area contributed by atoms with Crippen LogP contribution in [0.1, 0.15) is 40.0 Å². The number of ether oxygens (including phenoxy) is 1. The first-order chi connectivity index (χ1) is 6.56. The van der Waals surface area contributed by atoms with E-state index in [0.717, 1.165) is 6.42 Å². The average molecular weight is 201 g/mol. The van der Waals surface area contributed by atoms with Gasteiger partial charge in [-0.25, -0.2) is 0 Å².